The molecule has 2 aliphatic heterocycles. The van der Waals surface area contributed by atoms with Crippen LogP contribution in [0.25, 0.3) is 0 Å². The lowest BCUT2D eigenvalue weighted by Gasteiger charge is -2.36. The molecule has 0 saturated carbocycles. The topological polar surface area (TPSA) is 67.6 Å². The first-order valence-electron chi connectivity index (χ1n) is 7.65. The number of nitrogens with one attached hydrogen (secondary N) is 1. The molecule has 21 heavy (non-hydrogen) atoms. The summed E-state index contributed by atoms with van der Waals surface area (Å²) >= 11 is 0. The van der Waals surface area contributed by atoms with Crippen LogP contribution in [0.3, 0.4) is 0 Å². The van der Waals surface area contributed by atoms with Gasteiger partial charge in [-0.25, -0.2) is 0 Å². The summed E-state index contributed by atoms with van der Waals surface area (Å²) in [5.74, 6) is 2.08. The molecule has 1 fully saturated rings. The molecule has 0 aromatic heterocycles. The Balaban J connectivity index is 1.80. The molecule has 3 N–H and O–H groups in total. The number of carbonyl (C=O) groups is 1. The van der Waals surface area contributed by atoms with Crippen LogP contribution < -0.4 is 20.7 Å². The molecule has 3 rings (SSSR count). The molecule has 114 valence electrons. The van der Waals surface area contributed by atoms with Crippen LogP contribution in [-0.2, 0) is 4.79 Å². The third-order valence-electron chi connectivity index (χ3n) is 4.58. The molecule has 0 bridgehead atoms. The summed E-state index contributed by atoms with van der Waals surface area (Å²) in [5.41, 5.74) is 8.61. The van der Waals surface area contributed by atoms with Gasteiger partial charge in [-0.2, -0.15) is 0 Å². The number of amides is 1. The first-order chi connectivity index (χ1) is 10.0. The number of hydrogen-bond donors (Lipinski definition) is 2. The Morgan fingerprint density at radius 3 is 2.71 bits per heavy atom. The van der Waals surface area contributed by atoms with E-state index in [9.17, 15) is 4.79 Å². The van der Waals surface area contributed by atoms with Crippen molar-refractivity contribution in [1.29, 1.82) is 0 Å². The molecule has 5 nitrogen and oxygen atoms in total. The van der Waals surface area contributed by atoms with E-state index in [-0.39, 0.29) is 12.5 Å². The summed E-state index contributed by atoms with van der Waals surface area (Å²) in [5, 5.41) is 2.85. The molecule has 1 aromatic carbocycles. The molecule has 1 aromatic rings. The van der Waals surface area contributed by atoms with Gasteiger partial charge in [-0.05, 0) is 30.7 Å². The Hall–Kier alpha value is -1.91. The molecule has 2 aliphatic rings. The second-order valence-electron chi connectivity index (χ2n) is 6.31. The number of piperidine rings is 1. The van der Waals surface area contributed by atoms with E-state index in [1.54, 1.807) is 0 Å². The van der Waals surface area contributed by atoms with Gasteiger partial charge in [0.2, 0.25) is 0 Å². The molecular weight excluding hydrogens is 266 g/mol. The number of benzene rings is 1. The zero-order chi connectivity index (χ0) is 15.0. The molecule has 0 aliphatic carbocycles. The summed E-state index contributed by atoms with van der Waals surface area (Å²) in [6, 6.07) is 3.76. The summed E-state index contributed by atoms with van der Waals surface area (Å²) in [4.78, 5) is 13.8. The van der Waals surface area contributed by atoms with Crippen LogP contribution in [0.15, 0.2) is 12.1 Å². The maximum absolute atomic E-state index is 11.4. The van der Waals surface area contributed by atoms with Crippen LogP contribution in [0.2, 0.25) is 0 Å². The standard InChI is InChI=1S/C16H23N3O2/c1-10(2)11-3-5-19(6-4-11)14-8-13-15(7-12(14)17)21-9-16(20)18-13/h7-8,10-11H,3-6,9,17H2,1-2H3,(H,18,20). The number of rotatable bonds is 2. The van der Waals surface area contributed by atoms with Gasteiger partial charge in [-0.1, -0.05) is 13.8 Å². The van der Waals surface area contributed by atoms with Crippen molar-refractivity contribution in [1.82, 2.24) is 0 Å². The SMILES string of the molecule is CC(C)C1CCN(c2cc3c(cc2N)OCC(=O)N3)CC1. The molecule has 0 unspecified atom stereocenters. The highest BCUT2D eigenvalue weighted by atomic mass is 16.5. The average Bonchev–Trinajstić information content (AvgIpc) is 2.47. The molecule has 5 heteroatoms. The highest BCUT2D eigenvalue weighted by Crippen LogP contribution is 2.38. The summed E-state index contributed by atoms with van der Waals surface area (Å²) in [7, 11) is 0. The van der Waals surface area contributed by atoms with Gasteiger partial charge in [0, 0.05) is 19.2 Å². The largest absolute Gasteiger partial charge is 0.482 e. The van der Waals surface area contributed by atoms with Crippen LogP contribution in [0.5, 0.6) is 5.75 Å². The van der Waals surface area contributed by atoms with Crippen LogP contribution in [0.1, 0.15) is 26.7 Å². The van der Waals surface area contributed by atoms with Crippen molar-refractivity contribution >= 4 is 23.0 Å². The van der Waals surface area contributed by atoms with E-state index in [2.05, 4.69) is 24.1 Å². The fourth-order valence-electron chi connectivity index (χ4n) is 3.21. The Bertz CT molecular complexity index is 549. The van der Waals surface area contributed by atoms with Crippen molar-refractivity contribution in [2.45, 2.75) is 26.7 Å². The van der Waals surface area contributed by atoms with Gasteiger partial charge in [0.1, 0.15) is 5.75 Å². The van der Waals surface area contributed by atoms with Crippen LogP contribution in [-0.4, -0.2) is 25.6 Å². The van der Waals surface area contributed by atoms with Crippen molar-refractivity contribution < 1.29 is 9.53 Å². The number of carbonyl (C=O) groups excluding carboxylic acids is 1. The highest BCUT2D eigenvalue weighted by Gasteiger charge is 2.25. The van der Waals surface area contributed by atoms with Crippen molar-refractivity contribution in [2.75, 3.05) is 35.6 Å². The number of nitrogens with two attached hydrogens (primary N) is 1. The van der Waals surface area contributed by atoms with Gasteiger partial charge < -0.3 is 20.7 Å². The molecule has 0 radical (unpaired) electrons. The lowest BCUT2D eigenvalue weighted by Crippen LogP contribution is -2.36. The number of hydrogen-bond acceptors (Lipinski definition) is 4. The van der Waals surface area contributed by atoms with Gasteiger partial charge in [0.15, 0.2) is 6.61 Å². The number of nitrogen functional groups attached to an aromatic ring is 1. The number of ether oxygens (including phenoxy) is 1. The van der Waals surface area contributed by atoms with Crippen LogP contribution >= 0.6 is 0 Å². The van der Waals surface area contributed by atoms with E-state index in [1.165, 1.54) is 12.8 Å². The first-order valence-corrected chi connectivity index (χ1v) is 7.65. The van der Waals surface area contributed by atoms with E-state index in [4.69, 9.17) is 10.5 Å². The summed E-state index contributed by atoms with van der Waals surface area (Å²) in [6.45, 7) is 6.67. The summed E-state index contributed by atoms with van der Waals surface area (Å²) in [6.07, 6.45) is 2.38. The third kappa shape index (κ3) is 2.77. The van der Waals surface area contributed by atoms with Crippen molar-refractivity contribution in [3.8, 4) is 5.75 Å². The minimum Gasteiger partial charge on any atom is -0.482 e. The van der Waals surface area contributed by atoms with E-state index in [0.29, 0.717) is 11.4 Å². The first kappa shape index (κ1) is 14.0. The Labute approximate surface area is 125 Å². The molecule has 0 spiro atoms. The predicted octanol–water partition coefficient (Wildman–Crippen LogP) is 2.47. The minimum absolute atomic E-state index is 0.0611. The maximum atomic E-state index is 11.4. The monoisotopic (exact) mass is 289 g/mol. The minimum atomic E-state index is -0.114. The number of nitrogens with zero attached hydrogens (tertiary/aromatic N) is 1. The lowest BCUT2D eigenvalue weighted by atomic mass is 9.86. The predicted molar refractivity (Wildman–Crippen MR) is 84.8 cm³/mol. The second kappa shape index (κ2) is 5.47. The Morgan fingerprint density at radius 1 is 1.33 bits per heavy atom. The van der Waals surface area contributed by atoms with Crippen molar-refractivity contribution in [3.05, 3.63) is 12.1 Å². The van der Waals surface area contributed by atoms with Crippen LogP contribution in [0.4, 0.5) is 17.1 Å². The molecule has 1 saturated heterocycles. The Kier molecular flexibility index (Phi) is 3.66. The van der Waals surface area contributed by atoms with Gasteiger partial charge in [0.05, 0.1) is 17.1 Å². The fourth-order valence-corrected chi connectivity index (χ4v) is 3.21. The van der Waals surface area contributed by atoms with E-state index in [1.807, 2.05) is 12.1 Å². The van der Waals surface area contributed by atoms with Gasteiger partial charge in [-0.3, -0.25) is 4.79 Å². The van der Waals surface area contributed by atoms with Crippen molar-refractivity contribution in [2.24, 2.45) is 11.8 Å². The average molecular weight is 289 g/mol. The molecule has 1 amide bonds. The Morgan fingerprint density at radius 2 is 2.05 bits per heavy atom. The van der Waals surface area contributed by atoms with Crippen LogP contribution in [0, 0.1) is 11.8 Å². The van der Waals surface area contributed by atoms with E-state index < -0.39 is 0 Å². The number of fused-ring (bicyclic) bond motifs is 1. The smallest absolute Gasteiger partial charge is 0.262 e. The quantitative estimate of drug-likeness (QED) is 0.821. The van der Waals surface area contributed by atoms with Gasteiger partial charge in [-0.15, -0.1) is 0 Å². The molecule has 0 atom stereocenters. The normalized spacial score (nSPS) is 19.2. The number of anilines is 3. The van der Waals surface area contributed by atoms with Gasteiger partial charge >= 0.3 is 0 Å². The molecular formula is C16H23N3O2. The third-order valence-corrected chi connectivity index (χ3v) is 4.58. The highest BCUT2D eigenvalue weighted by molar-refractivity contribution is 5.97. The zero-order valence-electron chi connectivity index (χ0n) is 12.7. The lowest BCUT2D eigenvalue weighted by molar-refractivity contribution is -0.118. The summed E-state index contributed by atoms with van der Waals surface area (Å²) < 4.78 is 5.40. The fraction of sp³-hybridized carbons (Fsp3) is 0.562. The van der Waals surface area contributed by atoms with Gasteiger partial charge in [0.25, 0.3) is 5.91 Å². The van der Waals surface area contributed by atoms with Crippen molar-refractivity contribution in [3.63, 3.8) is 0 Å². The van der Waals surface area contributed by atoms with E-state index >= 15 is 0 Å². The molecule has 2 heterocycles. The van der Waals surface area contributed by atoms with E-state index in [0.717, 1.165) is 36.3 Å². The second-order valence-corrected chi connectivity index (χ2v) is 6.31. The maximum Gasteiger partial charge on any atom is 0.262 e. The zero-order valence-corrected chi connectivity index (χ0v) is 12.7.